The summed E-state index contributed by atoms with van der Waals surface area (Å²) >= 11 is 0. The Labute approximate surface area is 319 Å². The van der Waals surface area contributed by atoms with Crippen molar-refractivity contribution in [2.45, 2.75) is 64.3 Å². The zero-order valence-corrected chi connectivity index (χ0v) is 32.7. The van der Waals surface area contributed by atoms with Crippen LogP contribution in [0.4, 0.5) is 4.79 Å². The maximum atomic E-state index is 15.2. The number of carbonyl (C=O) groups excluding carboxylic acids is 3. The third-order valence-corrected chi connectivity index (χ3v) is 16.7. The number of amides is 2. The highest BCUT2D eigenvalue weighted by Crippen LogP contribution is 2.59. The van der Waals surface area contributed by atoms with Gasteiger partial charge in [-0.05, 0) is 51.7 Å². The van der Waals surface area contributed by atoms with Crippen LogP contribution in [0.3, 0.4) is 0 Å². The van der Waals surface area contributed by atoms with Gasteiger partial charge in [-0.15, -0.1) is 0 Å². The summed E-state index contributed by atoms with van der Waals surface area (Å²) in [6.45, 7) is 7.88. The number of ether oxygens (including phenoxy) is 2. The summed E-state index contributed by atoms with van der Waals surface area (Å²) in [5.74, 6) is -1.27. The zero-order valence-electron chi connectivity index (χ0n) is 31.7. The molecule has 4 aromatic rings. The first-order chi connectivity index (χ1) is 26.1. The molecule has 2 saturated heterocycles. The number of nitrogens with zero attached hydrogens (tertiary/aromatic N) is 2. The van der Waals surface area contributed by atoms with Crippen molar-refractivity contribution in [3.63, 3.8) is 0 Å². The van der Waals surface area contributed by atoms with E-state index in [1.54, 1.807) is 4.90 Å². The predicted octanol–water partition coefficient (Wildman–Crippen LogP) is 7.09. The lowest BCUT2D eigenvalue weighted by Crippen LogP contribution is -2.67. The molecule has 0 unspecified atom stereocenters. The van der Waals surface area contributed by atoms with Gasteiger partial charge in [0.15, 0.2) is 0 Å². The van der Waals surface area contributed by atoms with Gasteiger partial charge in [-0.1, -0.05) is 148 Å². The van der Waals surface area contributed by atoms with Crippen molar-refractivity contribution in [3.8, 4) is 0 Å². The SMILES string of the molecule is COC(=O)[C@@H]1CC=C2N(C(=O)OCc3ccccc3)[C@@H](CO[Si](c3ccccc3)(c3ccccc3)C(C)(C)C)C[C@@]23C(=O)N(Cc2ccccc2)CC[C@@H]13. The second kappa shape index (κ2) is 15.4. The summed E-state index contributed by atoms with van der Waals surface area (Å²) in [5.41, 5.74) is 1.36. The molecule has 54 heavy (non-hydrogen) atoms. The summed E-state index contributed by atoms with van der Waals surface area (Å²) < 4.78 is 18.9. The average molecular weight is 743 g/mol. The largest absolute Gasteiger partial charge is 0.469 e. The third kappa shape index (κ3) is 6.68. The fourth-order valence-corrected chi connectivity index (χ4v) is 13.9. The number of hydrogen-bond donors (Lipinski definition) is 0. The Hall–Kier alpha value is -4.99. The molecule has 2 fully saturated rings. The van der Waals surface area contributed by atoms with E-state index in [1.807, 2.05) is 83.8 Å². The van der Waals surface area contributed by atoms with Crippen LogP contribution in [0.5, 0.6) is 0 Å². The van der Waals surface area contributed by atoms with E-state index >= 15 is 4.79 Å². The van der Waals surface area contributed by atoms with Gasteiger partial charge in [-0.25, -0.2) is 4.79 Å². The van der Waals surface area contributed by atoms with Crippen LogP contribution < -0.4 is 10.4 Å². The molecule has 0 aromatic heterocycles. The van der Waals surface area contributed by atoms with Gasteiger partial charge >= 0.3 is 12.1 Å². The van der Waals surface area contributed by atoms with E-state index in [0.717, 1.165) is 21.5 Å². The molecule has 4 aromatic carbocycles. The van der Waals surface area contributed by atoms with Crippen molar-refractivity contribution < 1.29 is 28.3 Å². The minimum absolute atomic E-state index is 0.0729. The quantitative estimate of drug-likeness (QED) is 0.128. The molecule has 0 saturated carbocycles. The fraction of sp³-hybridized carbons (Fsp3) is 0.356. The van der Waals surface area contributed by atoms with E-state index in [2.05, 4.69) is 69.3 Å². The number of rotatable bonds is 10. The topological polar surface area (TPSA) is 85.4 Å². The number of piperidine rings is 1. The molecule has 2 heterocycles. The van der Waals surface area contributed by atoms with Crippen molar-refractivity contribution in [1.29, 1.82) is 0 Å². The van der Waals surface area contributed by atoms with Crippen LogP contribution in [0.25, 0.3) is 0 Å². The van der Waals surface area contributed by atoms with Crippen LogP contribution in [-0.4, -0.2) is 62.4 Å². The molecule has 0 N–H and O–H groups in total. The Morgan fingerprint density at radius 3 is 1.93 bits per heavy atom. The summed E-state index contributed by atoms with van der Waals surface area (Å²) in [6, 6.07) is 39.8. The fourth-order valence-electron chi connectivity index (χ4n) is 9.35. The minimum Gasteiger partial charge on any atom is -0.469 e. The van der Waals surface area contributed by atoms with E-state index in [9.17, 15) is 9.59 Å². The van der Waals surface area contributed by atoms with E-state index < -0.39 is 31.8 Å². The van der Waals surface area contributed by atoms with Gasteiger partial charge in [0.25, 0.3) is 8.32 Å². The molecular formula is C45H50N2O6Si. The van der Waals surface area contributed by atoms with Crippen molar-refractivity contribution in [2.75, 3.05) is 20.3 Å². The predicted molar refractivity (Wildman–Crippen MR) is 211 cm³/mol. The highest BCUT2D eigenvalue weighted by molar-refractivity contribution is 6.99. The number of hydrogen-bond acceptors (Lipinski definition) is 6. The van der Waals surface area contributed by atoms with Crippen molar-refractivity contribution in [2.24, 2.45) is 17.3 Å². The monoisotopic (exact) mass is 742 g/mol. The lowest BCUT2D eigenvalue weighted by molar-refractivity contribution is -0.159. The Morgan fingerprint density at radius 2 is 1.37 bits per heavy atom. The molecule has 1 aliphatic carbocycles. The number of benzene rings is 4. The first-order valence-corrected chi connectivity index (χ1v) is 20.9. The van der Waals surface area contributed by atoms with Gasteiger partial charge in [-0.2, -0.15) is 0 Å². The Balaban J connectivity index is 1.32. The highest BCUT2D eigenvalue weighted by atomic mass is 28.4. The van der Waals surface area contributed by atoms with Gasteiger partial charge in [0, 0.05) is 18.8 Å². The molecular weight excluding hydrogens is 693 g/mol. The molecule has 0 bridgehead atoms. The molecule has 2 aliphatic heterocycles. The normalized spacial score (nSPS) is 22.6. The second-order valence-electron chi connectivity index (χ2n) is 15.8. The van der Waals surface area contributed by atoms with Crippen molar-refractivity contribution in [1.82, 2.24) is 9.80 Å². The first-order valence-electron chi connectivity index (χ1n) is 19.0. The van der Waals surface area contributed by atoms with Crippen LogP contribution in [0.15, 0.2) is 133 Å². The molecule has 7 rings (SSSR count). The molecule has 0 radical (unpaired) electrons. The van der Waals surface area contributed by atoms with Gasteiger partial charge in [0.2, 0.25) is 5.91 Å². The first kappa shape index (κ1) is 37.3. The molecule has 8 nitrogen and oxygen atoms in total. The summed E-state index contributed by atoms with van der Waals surface area (Å²) in [4.78, 5) is 46.8. The molecule has 3 aliphatic rings. The van der Waals surface area contributed by atoms with Crippen molar-refractivity contribution in [3.05, 3.63) is 144 Å². The number of carbonyl (C=O) groups is 3. The van der Waals surface area contributed by atoms with Gasteiger partial charge < -0.3 is 18.8 Å². The summed E-state index contributed by atoms with van der Waals surface area (Å²) in [6.07, 6.45) is 2.67. The standard InChI is InChI=1S/C45H50N2O6Si/c1-44(2,3)54(36-21-13-7-14-22-36,37-23-15-8-16-24-37)53-32-35-29-45-39(27-28-46(42(45)49)30-33-17-9-5-10-18-33)38(41(48)51-4)25-26-40(45)47(35)43(50)52-31-34-19-11-6-12-20-34/h5-24,26,35,38-39H,25,27-32H2,1-4H3/t35-,38-,39+,45+/m1/s1. The van der Waals surface area contributed by atoms with Crippen LogP contribution in [0.2, 0.25) is 5.04 Å². The summed E-state index contributed by atoms with van der Waals surface area (Å²) in [5, 5.41) is 1.95. The molecule has 4 atom stereocenters. The van der Waals surface area contributed by atoms with Crippen LogP contribution in [-0.2, 0) is 36.6 Å². The third-order valence-electron chi connectivity index (χ3n) is 11.7. The van der Waals surface area contributed by atoms with E-state index in [4.69, 9.17) is 13.9 Å². The van der Waals surface area contributed by atoms with Gasteiger partial charge in [-0.3, -0.25) is 14.5 Å². The number of esters is 1. The van der Waals surface area contributed by atoms with Crippen molar-refractivity contribution >= 4 is 36.7 Å². The maximum absolute atomic E-state index is 15.2. The highest BCUT2D eigenvalue weighted by Gasteiger charge is 2.66. The Bertz CT molecular complexity index is 1930. The molecule has 2 amide bonds. The zero-order chi connectivity index (χ0) is 37.9. The summed E-state index contributed by atoms with van der Waals surface area (Å²) in [7, 11) is -1.63. The number of allylic oxidation sites excluding steroid dienone is 1. The van der Waals surface area contributed by atoms with E-state index in [-0.39, 0.29) is 36.0 Å². The number of methoxy groups -OCH3 is 1. The Kier molecular flexibility index (Phi) is 10.6. The lowest BCUT2D eigenvalue weighted by Gasteiger charge is -2.50. The van der Waals surface area contributed by atoms with Crippen LogP contribution >= 0.6 is 0 Å². The smallest absolute Gasteiger partial charge is 0.414 e. The average Bonchev–Trinajstić information content (AvgIpc) is 3.54. The molecule has 280 valence electrons. The second-order valence-corrected chi connectivity index (χ2v) is 20.1. The minimum atomic E-state index is -3.03. The van der Waals surface area contributed by atoms with Gasteiger partial charge in [0.1, 0.15) is 6.61 Å². The van der Waals surface area contributed by atoms with Gasteiger partial charge in [0.05, 0.1) is 31.1 Å². The van der Waals surface area contributed by atoms with Crippen LogP contribution in [0.1, 0.15) is 51.2 Å². The van der Waals surface area contributed by atoms with Crippen LogP contribution in [0, 0.1) is 17.3 Å². The molecule has 1 spiro atoms. The Morgan fingerprint density at radius 1 is 0.815 bits per heavy atom. The maximum Gasteiger partial charge on any atom is 0.414 e. The van der Waals surface area contributed by atoms with E-state index in [1.165, 1.54) is 7.11 Å². The molecule has 9 heteroatoms. The van der Waals surface area contributed by atoms with E-state index in [0.29, 0.717) is 38.0 Å². The lowest BCUT2D eigenvalue weighted by atomic mass is 9.59. The number of likely N-dealkylation sites (tertiary alicyclic amines) is 2.